The van der Waals surface area contributed by atoms with Crippen molar-refractivity contribution in [2.75, 3.05) is 5.73 Å². The highest BCUT2D eigenvalue weighted by Crippen LogP contribution is 2.23. The summed E-state index contributed by atoms with van der Waals surface area (Å²) in [5.74, 6) is -0.577. The Kier molecular flexibility index (Phi) is 4.65. The predicted molar refractivity (Wildman–Crippen MR) is 83.7 cm³/mol. The minimum Gasteiger partial charge on any atom is -0.398 e. The van der Waals surface area contributed by atoms with Crippen molar-refractivity contribution in [3.8, 4) is 0 Å². The molecule has 3 N–H and O–H groups in total. The number of rotatable bonds is 4. The van der Waals surface area contributed by atoms with Crippen LogP contribution < -0.4 is 10.5 Å². The molecule has 0 aliphatic heterocycles. The average molecular weight is 373 g/mol. The average Bonchev–Trinajstić information content (AvgIpc) is 2.37. The summed E-state index contributed by atoms with van der Waals surface area (Å²) in [5.41, 5.74) is 6.26. The van der Waals surface area contributed by atoms with Gasteiger partial charge < -0.3 is 5.73 Å². The zero-order valence-corrected chi connectivity index (χ0v) is 13.6. The zero-order valence-electron chi connectivity index (χ0n) is 11.2. The minimum absolute atomic E-state index is 0.121. The first-order valence-corrected chi connectivity index (χ1v) is 8.40. The third-order valence-corrected chi connectivity index (χ3v) is 5.05. The number of halogens is 2. The summed E-state index contributed by atoms with van der Waals surface area (Å²) in [4.78, 5) is -0.134. The molecule has 0 saturated carbocycles. The van der Waals surface area contributed by atoms with Gasteiger partial charge in [-0.15, -0.1) is 0 Å². The molecule has 0 aliphatic carbocycles. The van der Waals surface area contributed by atoms with Gasteiger partial charge in [-0.2, -0.15) is 0 Å². The summed E-state index contributed by atoms with van der Waals surface area (Å²) in [6.45, 7) is 1.72. The van der Waals surface area contributed by atoms with Crippen molar-refractivity contribution in [1.29, 1.82) is 0 Å². The molecule has 1 atom stereocenters. The molecule has 0 heterocycles. The molecule has 0 bridgehead atoms. The van der Waals surface area contributed by atoms with Crippen LogP contribution in [0.1, 0.15) is 18.5 Å². The Hall–Kier alpha value is -1.44. The summed E-state index contributed by atoms with van der Waals surface area (Å²) in [6.07, 6.45) is 0. The van der Waals surface area contributed by atoms with E-state index in [4.69, 9.17) is 5.73 Å². The number of benzene rings is 2. The number of hydrogen-bond acceptors (Lipinski definition) is 3. The molecule has 2 rings (SSSR count). The van der Waals surface area contributed by atoms with E-state index in [1.54, 1.807) is 6.92 Å². The van der Waals surface area contributed by atoms with Gasteiger partial charge in [-0.25, -0.2) is 17.5 Å². The van der Waals surface area contributed by atoms with Crippen molar-refractivity contribution in [2.45, 2.75) is 17.9 Å². The molecule has 4 nitrogen and oxygen atoms in total. The molecule has 0 aromatic heterocycles. The van der Waals surface area contributed by atoms with Crippen LogP contribution in [0, 0.1) is 5.82 Å². The maximum atomic E-state index is 13.0. The van der Waals surface area contributed by atoms with Gasteiger partial charge in [-0.3, -0.25) is 0 Å². The lowest BCUT2D eigenvalue weighted by Crippen LogP contribution is -2.27. The Labute approximate surface area is 131 Å². The molecule has 0 spiro atoms. The molecule has 112 valence electrons. The van der Waals surface area contributed by atoms with E-state index in [0.717, 1.165) is 28.2 Å². The topological polar surface area (TPSA) is 72.2 Å². The third kappa shape index (κ3) is 3.81. The SMILES string of the molecule is CC(NS(=O)(=O)c1ccc(F)cc1N)c1cccc(Br)c1. The highest BCUT2D eigenvalue weighted by molar-refractivity contribution is 9.10. The number of nitrogen functional groups attached to an aromatic ring is 1. The van der Waals surface area contributed by atoms with Crippen LogP contribution in [0.25, 0.3) is 0 Å². The highest BCUT2D eigenvalue weighted by atomic mass is 79.9. The Morgan fingerprint density at radius 3 is 2.57 bits per heavy atom. The zero-order chi connectivity index (χ0) is 15.6. The fraction of sp³-hybridized carbons (Fsp3) is 0.143. The summed E-state index contributed by atoms with van der Waals surface area (Å²) in [7, 11) is -3.82. The molecule has 0 saturated heterocycles. The van der Waals surface area contributed by atoms with E-state index in [1.165, 1.54) is 0 Å². The summed E-state index contributed by atoms with van der Waals surface area (Å²) in [6, 6.07) is 10.1. The van der Waals surface area contributed by atoms with Gasteiger partial charge in [-0.05, 0) is 42.8 Å². The molecule has 21 heavy (non-hydrogen) atoms. The fourth-order valence-corrected chi connectivity index (χ4v) is 3.67. The van der Waals surface area contributed by atoms with Crippen molar-refractivity contribution in [3.05, 3.63) is 58.3 Å². The second-order valence-corrected chi connectivity index (χ2v) is 7.18. The standard InChI is InChI=1S/C14H14BrFN2O2S/c1-9(10-3-2-4-11(15)7-10)18-21(19,20)14-6-5-12(16)8-13(14)17/h2-9,18H,17H2,1H3. The lowest BCUT2D eigenvalue weighted by Gasteiger charge is -2.16. The molecule has 0 aliphatic rings. The number of nitrogens with one attached hydrogen (secondary N) is 1. The Morgan fingerprint density at radius 2 is 1.95 bits per heavy atom. The maximum absolute atomic E-state index is 13.0. The quantitative estimate of drug-likeness (QED) is 0.809. The molecule has 7 heteroatoms. The van der Waals surface area contributed by atoms with Crippen molar-refractivity contribution in [3.63, 3.8) is 0 Å². The molecule has 0 fully saturated rings. The van der Waals surface area contributed by atoms with Crippen LogP contribution in [0.2, 0.25) is 0 Å². The van der Waals surface area contributed by atoms with Gasteiger partial charge in [0.15, 0.2) is 0 Å². The van der Waals surface area contributed by atoms with Crippen LogP contribution in [-0.4, -0.2) is 8.42 Å². The second-order valence-electron chi connectivity index (χ2n) is 4.58. The molecule has 2 aromatic carbocycles. The molecule has 2 aromatic rings. The van der Waals surface area contributed by atoms with Gasteiger partial charge in [0.25, 0.3) is 0 Å². The van der Waals surface area contributed by atoms with E-state index in [-0.39, 0.29) is 10.6 Å². The first-order chi connectivity index (χ1) is 9.79. The lowest BCUT2D eigenvalue weighted by molar-refractivity contribution is 0.566. The normalized spacial score (nSPS) is 13.1. The molecular formula is C14H14BrFN2O2S. The fourth-order valence-electron chi connectivity index (χ4n) is 1.90. The van der Waals surface area contributed by atoms with Crippen LogP contribution in [-0.2, 0) is 10.0 Å². The first kappa shape index (κ1) is 15.9. The van der Waals surface area contributed by atoms with Gasteiger partial charge in [0.2, 0.25) is 10.0 Å². The van der Waals surface area contributed by atoms with Crippen LogP contribution in [0.3, 0.4) is 0 Å². The van der Waals surface area contributed by atoms with Crippen LogP contribution in [0.4, 0.5) is 10.1 Å². The van der Waals surface area contributed by atoms with Crippen LogP contribution in [0.5, 0.6) is 0 Å². The summed E-state index contributed by atoms with van der Waals surface area (Å²) >= 11 is 3.34. The van der Waals surface area contributed by atoms with Gasteiger partial charge in [0, 0.05) is 10.5 Å². The van der Waals surface area contributed by atoms with E-state index in [2.05, 4.69) is 20.7 Å². The maximum Gasteiger partial charge on any atom is 0.243 e. The number of hydrogen-bond donors (Lipinski definition) is 2. The second kappa shape index (κ2) is 6.13. The molecule has 0 amide bonds. The summed E-state index contributed by atoms with van der Waals surface area (Å²) < 4.78 is 41.0. The van der Waals surface area contributed by atoms with Gasteiger partial charge in [0.1, 0.15) is 10.7 Å². The van der Waals surface area contributed by atoms with Crippen molar-refractivity contribution >= 4 is 31.6 Å². The van der Waals surface area contributed by atoms with Gasteiger partial charge >= 0.3 is 0 Å². The monoisotopic (exact) mass is 372 g/mol. The Bertz CT molecular complexity index is 765. The van der Waals surface area contributed by atoms with Crippen molar-refractivity contribution < 1.29 is 12.8 Å². The highest BCUT2D eigenvalue weighted by Gasteiger charge is 2.21. The molecular weight excluding hydrogens is 359 g/mol. The van der Waals surface area contributed by atoms with Gasteiger partial charge in [-0.1, -0.05) is 28.1 Å². The van der Waals surface area contributed by atoms with Gasteiger partial charge in [0.05, 0.1) is 5.69 Å². The number of anilines is 1. The number of nitrogens with two attached hydrogens (primary N) is 1. The molecule has 1 unspecified atom stereocenters. The molecule has 0 radical (unpaired) electrons. The Balaban J connectivity index is 2.29. The Morgan fingerprint density at radius 1 is 1.24 bits per heavy atom. The van der Waals surface area contributed by atoms with E-state index in [1.807, 2.05) is 24.3 Å². The minimum atomic E-state index is -3.82. The number of sulfonamides is 1. The van der Waals surface area contributed by atoms with Crippen molar-refractivity contribution in [2.24, 2.45) is 0 Å². The predicted octanol–water partition coefficient (Wildman–Crippen LogP) is 3.21. The van der Waals surface area contributed by atoms with E-state index in [9.17, 15) is 12.8 Å². The van der Waals surface area contributed by atoms with E-state index in [0.29, 0.717) is 0 Å². The van der Waals surface area contributed by atoms with Crippen LogP contribution >= 0.6 is 15.9 Å². The van der Waals surface area contributed by atoms with Crippen molar-refractivity contribution in [1.82, 2.24) is 4.72 Å². The van der Waals surface area contributed by atoms with E-state index >= 15 is 0 Å². The largest absolute Gasteiger partial charge is 0.398 e. The third-order valence-electron chi connectivity index (χ3n) is 2.94. The van der Waals surface area contributed by atoms with Crippen LogP contribution in [0.15, 0.2) is 51.8 Å². The summed E-state index contributed by atoms with van der Waals surface area (Å²) in [5, 5.41) is 0. The van der Waals surface area contributed by atoms with E-state index < -0.39 is 21.9 Å². The lowest BCUT2D eigenvalue weighted by atomic mass is 10.1. The smallest absolute Gasteiger partial charge is 0.243 e. The first-order valence-electron chi connectivity index (χ1n) is 6.12.